The highest BCUT2D eigenvalue weighted by molar-refractivity contribution is 7.92. The van der Waals surface area contributed by atoms with Crippen LogP contribution in [0.3, 0.4) is 0 Å². The van der Waals surface area contributed by atoms with E-state index >= 15 is 0 Å². The Kier molecular flexibility index (Phi) is 3.72. The fraction of sp³-hybridized carbons (Fsp3) is 0.300. The zero-order chi connectivity index (χ0) is 14.0. The second-order valence-electron chi connectivity index (χ2n) is 3.81. The second kappa shape index (κ2) is 5.14. The summed E-state index contributed by atoms with van der Waals surface area (Å²) in [5, 5.41) is 0.134. The quantitative estimate of drug-likeness (QED) is 0.834. The Bertz CT molecular complexity index is 677. The van der Waals surface area contributed by atoms with E-state index in [-0.39, 0.29) is 16.1 Å². The minimum absolute atomic E-state index is 0.0365. The first-order valence-corrected chi connectivity index (χ1v) is 7.34. The van der Waals surface area contributed by atoms with Crippen molar-refractivity contribution in [2.75, 3.05) is 4.72 Å². The monoisotopic (exact) mass is 301 g/mol. The van der Waals surface area contributed by atoms with Crippen molar-refractivity contribution in [3.8, 4) is 0 Å². The molecule has 9 heteroatoms. The van der Waals surface area contributed by atoms with Crippen LogP contribution in [0.15, 0.2) is 17.3 Å². The highest BCUT2D eigenvalue weighted by Crippen LogP contribution is 2.14. The molecule has 0 saturated carbocycles. The first-order valence-electron chi connectivity index (χ1n) is 5.48. The first kappa shape index (κ1) is 13.8. The molecule has 0 unspecified atom stereocenters. The van der Waals surface area contributed by atoms with Crippen LogP contribution in [0.5, 0.6) is 0 Å². The normalized spacial score (nSPS) is 11.5. The molecule has 2 heterocycles. The number of nitrogens with zero attached hydrogens (tertiary/aromatic N) is 3. The molecule has 0 saturated heterocycles. The summed E-state index contributed by atoms with van der Waals surface area (Å²) in [6.45, 7) is 3.56. The van der Waals surface area contributed by atoms with Gasteiger partial charge in [0.25, 0.3) is 10.0 Å². The van der Waals surface area contributed by atoms with Crippen LogP contribution in [0.4, 0.5) is 5.95 Å². The van der Waals surface area contributed by atoms with Gasteiger partial charge in [-0.15, -0.1) is 0 Å². The van der Waals surface area contributed by atoms with Crippen molar-refractivity contribution in [2.45, 2.75) is 25.3 Å². The first-order chi connectivity index (χ1) is 8.90. The van der Waals surface area contributed by atoms with E-state index in [1.807, 2.05) is 6.92 Å². The Balaban J connectivity index is 2.30. The fourth-order valence-corrected chi connectivity index (χ4v) is 2.53. The largest absolute Gasteiger partial charge is 0.332 e. The predicted octanol–water partition coefficient (Wildman–Crippen LogP) is 1.52. The van der Waals surface area contributed by atoms with Crippen LogP contribution >= 0.6 is 11.6 Å². The summed E-state index contributed by atoms with van der Waals surface area (Å²) < 4.78 is 26.3. The molecule has 0 radical (unpaired) electrons. The minimum Gasteiger partial charge on any atom is -0.332 e. The smallest absolute Gasteiger partial charge is 0.281 e. The third-order valence-corrected chi connectivity index (χ3v) is 3.71. The molecule has 0 aliphatic carbocycles. The van der Waals surface area contributed by atoms with Gasteiger partial charge in [0.15, 0.2) is 5.03 Å². The Hall–Kier alpha value is -1.67. The van der Waals surface area contributed by atoms with Gasteiger partial charge in [0.2, 0.25) is 5.95 Å². The second-order valence-corrected chi connectivity index (χ2v) is 5.85. The summed E-state index contributed by atoms with van der Waals surface area (Å²) >= 11 is 5.75. The van der Waals surface area contributed by atoms with Crippen LogP contribution in [0, 0.1) is 6.92 Å². The third-order valence-electron chi connectivity index (χ3n) is 2.28. The van der Waals surface area contributed by atoms with E-state index in [1.54, 1.807) is 6.92 Å². The van der Waals surface area contributed by atoms with Gasteiger partial charge in [-0.2, -0.15) is 8.42 Å². The standard InChI is InChI=1S/C10H12ClN5O2S/c1-3-8-12-5-9(15-8)19(17,18)16-10-13-6(2)4-7(11)14-10/h4-5H,3H2,1-2H3,(H,12,15)(H,13,14,16). The van der Waals surface area contributed by atoms with E-state index in [4.69, 9.17) is 11.6 Å². The molecule has 0 fully saturated rings. The van der Waals surface area contributed by atoms with Crippen LogP contribution in [0.25, 0.3) is 0 Å². The molecule has 0 amide bonds. The van der Waals surface area contributed by atoms with Crippen molar-refractivity contribution < 1.29 is 8.42 Å². The Morgan fingerprint density at radius 2 is 2.16 bits per heavy atom. The summed E-state index contributed by atoms with van der Waals surface area (Å²) in [5.41, 5.74) is 0.566. The minimum atomic E-state index is -3.79. The number of sulfonamides is 1. The van der Waals surface area contributed by atoms with Crippen molar-refractivity contribution in [3.63, 3.8) is 0 Å². The molecular formula is C10H12ClN5O2S. The zero-order valence-corrected chi connectivity index (χ0v) is 11.9. The number of nitrogens with one attached hydrogen (secondary N) is 2. The molecule has 2 aromatic heterocycles. The molecule has 2 aromatic rings. The number of halogens is 1. The molecule has 102 valence electrons. The third kappa shape index (κ3) is 3.21. The van der Waals surface area contributed by atoms with Crippen LogP contribution in [0.1, 0.15) is 18.4 Å². The van der Waals surface area contributed by atoms with Gasteiger partial charge in [-0.25, -0.2) is 19.7 Å². The predicted molar refractivity (Wildman–Crippen MR) is 70.6 cm³/mol. The molecule has 0 aliphatic rings. The van der Waals surface area contributed by atoms with Crippen LogP contribution < -0.4 is 4.72 Å². The number of imidazole rings is 1. The number of H-pyrrole nitrogens is 1. The van der Waals surface area contributed by atoms with Gasteiger partial charge in [0.05, 0.1) is 6.20 Å². The van der Waals surface area contributed by atoms with Gasteiger partial charge >= 0.3 is 0 Å². The molecular weight excluding hydrogens is 290 g/mol. The van der Waals surface area contributed by atoms with E-state index in [1.165, 1.54) is 12.3 Å². The van der Waals surface area contributed by atoms with Crippen molar-refractivity contribution >= 4 is 27.6 Å². The van der Waals surface area contributed by atoms with Gasteiger partial charge in [-0.3, -0.25) is 0 Å². The summed E-state index contributed by atoms with van der Waals surface area (Å²) in [7, 11) is -3.79. The molecule has 7 nitrogen and oxygen atoms in total. The van der Waals surface area contributed by atoms with Crippen LogP contribution in [-0.4, -0.2) is 28.4 Å². The average molecular weight is 302 g/mol. The van der Waals surface area contributed by atoms with Gasteiger partial charge in [-0.05, 0) is 13.0 Å². The van der Waals surface area contributed by atoms with Crippen LogP contribution in [0.2, 0.25) is 5.15 Å². The molecule has 0 aromatic carbocycles. The Labute approximate surface area is 115 Å². The summed E-state index contributed by atoms with van der Waals surface area (Å²) in [6.07, 6.45) is 1.86. The molecule has 2 rings (SSSR count). The number of aryl methyl sites for hydroxylation is 2. The van der Waals surface area contributed by atoms with Crippen molar-refractivity contribution in [1.29, 1.82) is 0 Å². The van der Waals surface area contributed by atoms with Crippen LogP contribution in [-0.2, 0) is 16.4 Å². The van der Waals surface area contributed by atoms with Crippen molar-refractivity contribution in [3.05, 3.63) is 28.9 Å². The van der Waals surface area contributed by atoms with Crippen molar-refractivity contribution in [1.82, 2.24) is 19.9 Å². The topological polar surface area (TPSA) is 101 Å². The van der Waals surface area contributed by atoms with Gasteiger partial charge in [0.1, 0.15) is 11.0 Å². The highest BCUT2D eigenvalue weighted by atomic mass is 35.5. The lowest BCUT2D eigenvalue weighted by Gasteiger charge is -2.05. The average Bonchev–Trinajstić information content (AvgIpc) is 2.75. The Morgan fingerprint density at radius 3 is 2.74 bits per heavy atom. The highest BCUT2D eigenvalue weighted by Gasteiger charge is 2.18. The summed E-state index contributed by atoms with van der Waals surface area (Å²) in [4.78, 5) is 14.4. The van der Waals surface area contributed by atoms with E-state index in [2.05, 4.69) is 24.7 Å². The van der Waals surface area contributed by atoms with E-state index in [9.17, 15) is 8.42 Å². The molecule has 0 bridgehead atoms. The molecule has 0 spiro atoms. The van der Waals surface area contributed by atoms with E-state index in [0.717, 1.165) is 0 Å². The van der Waals surface area contributed by atoms with E-state index in [0.29, 0.717) is 17.9 Å². The Morgan fingerprint density at radius 1 is 1.42 bits per heavy atom. The number of aromatic amines is 1. The van der Waals surface area contributed by atoms with Gasteiger partial charge in [-0.1, -0.05) is 18.5 Å². The lowest BCUT2D eigenvalue weighted by molar-refractivity contribution is 0.597. The number of hydrogen-bond acceptors (Lipinski definition) is 5. The molecule has 0 aliphatic heterocycles. The zero-order valence-electron chi connectivity index (χ0n) is 10.3. The number of hydrogen-bond donors (Lipinski definition) is 2. The number of aromatic nitrogens is 4. The molecule has 0 atom stereocenters. The lowest BCUT2D eigenvalue weighted by atomic mass is 10.5. The molecule has 19 heavy (non-hydrogen) atoms. The summed E-state index contributed by atoms with van der Waals surface area (Å²) in [5.74, 6) is 0.515. The number of anilines is 1. The maximum Gasteiger partial charge on any atom is 0.281 e. The molecule has 2 N–H and O–H groups in total. The van der Waals surface area contributed by atoms with Crippen molar-refractivity contribution in [2.24, 2.45) is 0 Å². The van der Waals surface area contributed by atoms with E-state index < -0.39 is 10.0 Å². The summed E-state index contributed by atoms with van der Waals surface area (Å²) in [6, 6.07) is 1.53. The van der Waals surface area contributed by atoms with Gasteiger partial charge in [0, 0.05) is 12.1 Å². The fourth-order valence-electron chi connectivity index (χ4n) is 1.41. The lowest BCUT2D eigenvalue weighted by Crippen LogP contribution is -2.16. The maximum atomic E-state index is 12.0. The van der Waals surface area contributed by atoms with Gasteiger partial charge < -0.3 is 4.98 Å². The number of rotatable bonds is 4. The SMILES string of the molecule is CCc1ncc(S(=O)(=O)Nc2nc(C)cc(Cl)n2)[nH]1. The maximum absolute atomic E-state index is 12.0.